The Kier molecular flexibility index (Phi) is 6.93. The molecule has 0 aliphatic carbocycles. The molecule has 1 saturated heterocycles. The molecule has 0 spiro atoms. The molecule has 0 bridgehead atoms. The number of methoxy groups -OCH3 is 1. The Labute approximate surface area is 208 Å². The van der Waals surface area contributed by atoms with Gasteiger partial charge < -0.3 is 14.8 Å². The number of halogens is 3. The Morgan fingerprint density at radius 2 is 1.79 bits per heavy atom. The lowest BCUT2D eigenvalue weighted by Crippen LogP contribution is -2.30. The van der Waals surface area contributed by atoms with Crippen LogP contribution in [0, 0.1) is 0 Å². The summed E-state index contributed by atoms with van der Waals surface area (Å²) in [5.74, 6) is 0.468. The molecule has 0 unspecified atom stereocenters. The van der Waals surface area contributed by atoms with Crippen molar-refractivity contribution in [2.24, 2.45) is 0 Å². The lowest BCUT2D eigenvalue weighted by Gasteiger charge is -2.14. The standard InChI is InChI=1S/C24H17BrCl2N2O4/c1-32-21-12-14(10-18(25)22(21)33-13-15-4-2-3-5-19(15)27)11-20-23(30)29(24(31)28-20)17-8-6-16(26)7-9-17/h2-12H,13H2,1H3,(H,28,31)/b20-11-. The highest BCUT2D eigenvalue weighted by atomic mass is 79.9. The number of hydrogen-bond acceptors (Lipinski definition) is 4. The Morgan fingerprint density at radius 3 is 2.48 bits per heavy atom. The number of rotatable bonds is 6. The van der Waals surface area contributed by atoms with Crippen LogP contribution in [0.15, 0.2) is 70.8 Å². The molecule has 1 heterocycles. The maximum absolute atomic E-state index is 12.9. The van der Waals surface area contributed by atoms with Crippen LogP contribution < -0.4 is 19.7 Å². The first-order valence-electron chi connectivity index (χ1n) is 9.74. The number of amides is 3. The van der Waals surface area contributed by atoms with Crippen LogP contribution in [0.3, 0.4) is 0 Å². The Bertz CT molecular complexity index is 1260. The Morgan fingerprint density at radius 1 is 1.06 bits per heavy atom. The van der Waals surface area contributed by atoms with Gasteiger partial charge in [-0.2, -0.15) is 0 Å². The Balaban J connectivity index is 1.58. The van der Waals surface area contributed by atoms with Crippen molar-refractivity contribution in [2.75, 3.05) is 12.0 Å². The first-order chi connectivity index (χ1) is 15.9. The van der Waals surface area contributed by atoms with E-state index < -0.39 is 11.9 Å². The number of carbonyl (C=O) groups excluding carboxylic acids is 2. The van der Waals surface area contributed by atoms with E-state index in [1.54, 1.807) is 48.5 Å². The highest BCUT2D eigenvalue weighted by Gasteiger charge is 2.34. The quantitative estimate of drug-likeness (QED) is 0.285. The van der Waals surface area contributed by atoms with E-state index in [9.17, 15) is 9.59 Å². The third-order valence-electron chi connectivity index (χ3n) is 4.86. The molecule has 1 aliphatic rings. The van der Waals surface area contributed by atoms with Gasteiger partial charge in [-0.15, -0.1) is 0 Å². The maximum Gasteiger partial charge on any atom is 0.333 e. The second-order valence-electron chi connectivity index (χ2n) is 7.02. The fourth-order valence-electron chi connectivity index (χ4n) is 3.25. The number of benzene rings is 3. The monoisotopic (exact) mass is 546 g/mol. The average Bonchev–Trinajstić information content (AvgIpc) is 3.07. The van der Waals surface area contributed by atoms with E-state index in [0.717, 1.165) is 10.5 Å². The van der Waals surface area contributed by atoms with Gasteiger partial charge >= 0.3 is 6.03 Å². The molecule has 1 fully saturated rings. The van der Waals surface area contributed by atoms with E-state index in [1.165, 1.54) is 7.11 Å². The zero-order valence-electron chi connectivity index (χ0n) is 17.3. The van der Waals surface area contributed by atoms with Crippen LogP contribution in [0.4, 0.5) is 10.5 Å². The fraction of sp³-hybridized carbons (Fsp3) is 0.0833. The Hall–Kier alpha value is -3.00. The van der Waals surface area contributed by atoms with Crippen molar-refractivity contribution in [1.29, 1.82) is 0 Å². The largest absolute Gasteiger partial charge is 0.493 e. The van der Waals surface area contributed by atoms with Gasteiger partial charge in [-0.05, 0) is 70.0 Å². The minimum atomic E-state index is -0.542. The lowest BCUT2D eigenvalue weighted by molar-refractivity contribution is -0.113. The molecule has 1 N–H and O–H groups in total. The molecule has 0 saturated carbocycles. The van der Waals surface area contributed by atoms with Gasteiger partial charge in [0.15, 0.2) is 11.5 Å². The molecular weight excluding hydrogens is 531 g/mol. The van der Waals surface area contributed by atoms with Crippen LogP contribution in [0.5, 0.6) is 11.5 Å². The summed E-state index contributed by atoms with van der Waals surface area (Å²) in [6.45, 7) is 0.250. The molecule has 168 valence electrons. The van der Waals surface area contributed by atoms with E-state index in [4.69, 9.17) is 32.7 Å². The SMILES string of the molecule is COc1cc(/C=C2\NC(=O)N(c3ccc(Cl)cc3)C2=O)cc(Br)c1OCc1ccccc1Cl. The summed E-state index contributed by atoms with van der Waals surface area (Å²) < 4.78 is 12.0. The van der Waals surface area contributed by atoms with Crippen molar-refractivity contribution in [3.05, 3.63) is 92.0 Å². The van der Waals surface area contributed by atoms with E-state index in [2.05, 4.69) is 21.2 Å². The summed E-state index contributed by atoms with van der Waals surface area (Å²) in [6, 6.07) is 16.8. The summed E-state index contributed by atoms with van der Waals surface area (Å²) in [4.78, 5) is 26.3. The van der Waals surface area contributed by atoms with E-state index in [0.29, 0.717) is 37.3 Å². The van der Waals surface area contributed by atoms with Crippen LogP contribution in [0.1, 0.15) is 11.1 Å². The van der Waals surface area contributed by atoms with Crippen molar-refractivity contribution < 1.29 is 19.1 Å². The van der Waals surface area contributed by atoms with Gasteiger partial charge in [0, 0.05) is 15.6 Å². The molecule has 0 atom stereocenters. The number of imide groups is 1. The topological polar surface area (TPSA) is 67.9 Å². The summed E-state index contributed by atoms with van der Waals surface area (Å²) >= 11 is 15.6. The van der Waals surface area contributed by atoms with Crippen LogP contribution in [0.2, 0.25) is 10.0 Å². The second-order valence-corrected chi connectivity index (χ2v) is 8.72. The summed E-state index contributed by atoms with van der Waals surface area (Å²) in [5, 5.41) is 3.72. The zero-order chi connectivity index (χ0) is 23.5. The van der Waals surface area contributed by atoms with Crippen LogP contribution in [0.25, 0.3) is 6.08 Å². The summed E-state index contributed by atoms with van der Waals surface area (Å²) in [5.41, 5.74) is 2.02. The second kappa shape index (κ2) is 9.87. The van der Waals surface area contributed by atoms with Crippen LogP contribution in [-0.4, -0.2) is 19.0 Å². The molecular formula is C24H17BrCl2N2O4. The molecule has 1 aliphatic heterocycles. The molecule has 3 aromatic rings. The molecule has 6 nitrogen and oxygen atoms in total. The van der Waals surface area contributed by atoms with Gasteiger partial charge in [0.1, 0.15) is 12.3 Å². The molecule has 33 heavy (non-hydrogen) atoms. The van der Waals surface area contributed by atoms with E-state index >= 15 is 0 Å². The molecule has 3 aromatic carbocycles. The molecule has 4 rings (SSSR count). The first-order valence-corrected chi connectivity index (χ1v) is 11.3. The van der Waals surface area contributed by atoms with Gasteiger partial charge in [-0.1, -0.05) is 41.4 Å². The minimum absolute atomic E-state index is 0.133. The van der Waals surface area contributed by atoms with Gasteiger partial charge in [-0.25, -0.2) is 9.69 Å². The summed E-state index contributed by atoms with van der Waals surface area (Å²) in [6.07, 6.45) is 1.57. The number of nitrogens with one attached hydrogen (secondary N) is 1. The van der Waals surface area contributed by atoms with Crippen molar-refractivity contribution in [1.82, 2.24) is 5.32 Å². The lowest BCUT2D eigenvalue weighted by atomic mass is 10.1. The number of carbonyl (C=O) groups is 2. The first kappa shape index (κ1) is 23.2. The number of hydrogen-bond donors (Lipinski definition) is 1. The number of ether oxygens (including phenoxy) is 2. The van der Waals surface area contributed by atoms with Gasteiger partial charge in [-0.3, -0.25) is 4.79 Å². The zero-order valence-corrected chi connectivity index (χ0v) is 20.4. The maximum atomic E-state index is 12.9. The van der Waals surface area contributed by atoms with Crippen molar-refractivity contribution >= 4 is 62.8 Å². The van der Waals surface area contributed by atoms with Gasteiger partial charge in [0.05, 0.1) is 17.3 Å². The fourth-order valence-corrected chi connectivity index (χ4v) is 4.15. The van der Waals surface area contributed by atoms with E-state index in [1.807, 2.05) is 18.2 Å². The minimum Gasteiger partial charge on any atom is -0.493 e. The van der Waals surface area contributed by atoms with Crippen molar-refractivity contribution in [3.63, 3.8) is 0 Å². The summed E-state index contributed by atoms with van der Waals surface area (Å²) in [7, 11) is 1.52. The third-order valence-corrected chi connectivity index (χ3v) is 6.07. The van der Waals surface area contributed by atoms with Crippen molar-refractivity contribution in [3.8, 4) is 11.5 Å². The molecule has 9 heteroatoms. The normalized spacial score (nSPS) is 14.5. The molecule has 0 radical (unpaired) electrons. The number of anilines is 1. The highest BCUT2D eigenvalue weighted by molar-refractivity contribution is 9.10. The van der Waals surface area contributed by atoms with E-state index in [-0.39, 0.29) is 12.3 Å². The molecule has 0 aromatic heterocycles. The highest BCUT2D eigenvalue weighted by Crippen LogP contribution is 2.38. The van der Waals surface area contributed by atoms with Gasteiger partial charge in [0.2, 0.25) is 0 Å². The predicted octanol–water partition coefficient (Wildman–Crippen LogP) is 6.44. The molecule has 3 amide bonds. The smallest absolute Gasteiger partial charge is 0.333 e. The third kappa shape index (κ3) is 5.00. The number of urea groups is 1. The number of nitrogens with zero attached hydrogens (tertiary/aromatic N) is 1. The predicted molar refractivity (Wildman–Crippen MR) is 132 cm³/mol. The average molecular weight is 548 g/mol. The van der Waals surface area contributed by atoms with Crippen molar-refractivity contribution in [2.45, 2.75) is 6.61 Å². The van der Waals surface area contributed by atoms with Crippen LogP contribution in [-0.2, 0) is 11.4 Å². The van der Waals surface area contributed by atoms with Crippen LogP contribution >= 0.6 is 39.1 Å². The van der Waals surface area contributed by atoms with Gasteiger partial charge in [0.25, 0.3) is 5.91 Å².